The Morgan fingerprint density at radius 1 is 1.25 bits per heavy atom. The summed E-state index contributed by atoms with van der Waals surface area (Å²) in [4.78, 5) is 3.87. The van der Waals surface area contributed by atoms with Crippen molar-refractivity contribution in [2.24, 2.45) is 0 Å². The Kier molecular flexibility index (Phi) is 4.13. The third-order valence-corrected chi connectivity index (χ3v) is 4.48. The monoisotopic (exact) mass is 287 g/mol. The third kappa shape index (κ3) is 3.44. The van der Waals surface area contributed by atoms with Gasteiger partial charge in [-0.25, -0.2) is 0 Å². The van der Waals surface area contributed by atoms with Gasteiger partial charge in [0.1, 0.15) is 0 Å². The first-order valence-corrected chi connectivity index (χ1v) is 8.35. The summed E-state index contributed by atoms with van der Waals surface area (Å²) in [6.45, 7) is 4.02. The lowest BCUT2D eigenvalue weighted by atomic mass is 10.2. The van der Waals surface area contributed by atoms with Gasteiger partial charge in [-0.3, -0.25) is 10.00 Å². The largest absolute Gasteiger partial charge is 0.290 e. The second kappa shape index (κ2) is 6.02. The van der Waals surface area contributed by atoms with E-state index in [0.29, 0.717) is 0 Å². The number of aryl methyl sites for hydroxylation is 1. The van der Waals surface area contributed by atoms with Crippen LogP contribution in [0.25, 0.3) is 0 Å². The Hall–Kier alpha value is -1.26. The maximum Gasteiger partial charge on any atom is 0.0765 e. The number of nitrogens with zero attached hydrogens (tertiary/aromatic N) is 2. The first kappa shape index (κ1) is 13.7. The molecule has 106 valence electrons. The van der Waals surface area contributed by atoms with Crippen LogP contribution in [0.3, 0.4) is 0 Å². The molecule has 0 saturated heterocycles. The van der Waals surface area contributed by atoms with Crippen molar-refractivity contribution >= 4 is 11.8 Å². The molecule has 3 rings (SSSR count). The van der Waals surface area contributed by atoms with Gasteiger partial charge in [-0.15, -0.1) is 11.8 Å². The average Bonchev–Trinajstić information content (AvgIpc) is 3.23. The molecule has 0 bridgehead atoms. The molecule has 1 heterocycles. The van der Waals surface area contributed by atoms with Gasteiger partial charge in [0.25, 0.3) is 0 Å². The second-order valence-corrected chi connectivity index (χ2v) is 6.41. The number of aromatic nitrogens is 2. The topological polar surface area (TPSA) is 31.9 Å². The average molecular weight is 287 g/mol. The highest BCUT2D eigenvalue weighted by atomic mass is 32.2. The van der Waals surface area contributed by atoms with E-state index < -0.39 is 0 Å². The fraction of sp³-hybridized carbons (Fsp3) is 0.438. The Morgan fingerprint density at radius 2 is 2.00 bits per heavy atom. The van der Waals surface area contributed by atoms with Crippen molar-refractivity contribution in [3.8, 4) is 0 Å². The fourth-order valence-electron chi connectivity index (χ4n) is 2.48. The maximum absolute atomic E-state index is 4.36. The van der Waals surface area contributed by atoms with Crippen LogP contribution in [0, 0.1) is 6.92 Å². The molecule has 0 radical (unpaired) electrons. The van der Waals surface area contributed by atoms with Crippen molar-refractivity contribution in [3.05, 3.63) is 47.3 Å². The number of benzene rings is 1. The molecular formula is C16H21N3S. The Balaban J connectivity index is 1.67. The molecule has 1 aliphatic carbocycles. The first-order chi connectivity index (χ1) is 9.74. The molecule has 4 heteroatoms. The van der Waals surface area contributed by atoms with Crippen molar-refractivity contribution in [3.63, 3.8) is 0 Å². The molecule has 3 nitrogen and oxygen atoms in total. The zero-order valence-electron chi connectivity index (χ0n) is 12.1. The van der Waals surface area contributed by atoms with E-state index in [1.54, 1.807) is 11.8 Å². The molecule has 0 unspecified atom stereocenters. The lowest BCUT2D eigenvalue weighted by molar-refractivity contribution is 0.242. The lowest BCUT2D eigenvalue weighted by Crippen LogP contribution is -2.25. The van der Waals surface area contributed by atoms with Crippen molar-refractivity contribution in [1.82, 2.24) is 15.1 Å². The van der Waals surface area contributed by atoms with E-state index in [9.17, 15) is 0 Å². The molecule has 1 aromatic carbocycles. The van der Waals surface area contributed by atoms with Crippen LogP contribution in [0.4, 0.5) is 0 Å². The number of nitrogens with one attached hydrogen (secondary N) is 1. The van der Waals surface area contributed by atoms with Crippen molar-refractivity contribution in [2.45, 2.75) is 43.8 Å². The predicted octanol–water partition coefficient (Wildman–Crippen LogP) is 3.60. The number of hydrogen-bond acceptors (Lipinski definition) is 3. The first-order valence-electron chi connectivity index (χ1n) is 7.12. The number of rotatable bonds is 6. The van der Waals surface area contributed by atoms with Crippen LogP contribution < -0.4 is 0 Å². The molecule has 1 N–H and O–H groups in total. The molecule has 20 heavy (non-hydrogen) atoms. The van der Waals surface area contributed by atoms with Crippen LogP contribution in [-0.2, 0) is 13.1 Å². The zero-order valence-corrected chi connectivity index (χ0v) is 12.9. The lowest BCUT2D eigenvalue weighted by Gasteiger charge is -2.21. The van der Waals surface area contributed by atoms with E-state index in [1.807, 2.05) is 0 Å². The summed E-state index contributed by atoms with van der Waals surface area (Å²) in [5.41, 5.74) is 3.68. The summed E-state index contributed by atoms with van der Waals surface area (Å²) < 4.78 is 0. The quantitative estimate of drug-likeness (QED) is 0.824. The maximum atomic E-state index is 4.36. The van der Waals surface area contributed by atoms with Crippen LogP contribution in [-0.4, -0.2) is 27.4 Å². The van der Waals surface area contributed by atoms with E-state index in [0.717, 1.165) is 30.5 Å². The van der Waals surface area contributed by atoms with Crippen LogP contribution in [0.1, 0.15) is 29.8 Å². The molecule has 0 aliphatic heterocycles. The summed E-state index contributed by atoms with van der Waals surface area (Å²) in [5.74, 6) is 0. The summed E-state index contributed by atoms with van der Waals surface area (Å²) >= 11 is 1.79. The molecule has 0 atom stereocenters. The molecule has 1 aliphatic rings. The fourth-order valence-corrected chi connectivity index (χ4v) is 2.89. The van der Waals surface area contributed by atoms with E-state index in [4.69, 9.17) is 0 Å². The third-order valence-electron chi connectivity index (χ3n) is 3.73. The van der Waals surface area contributed by atoms with Gasteiger partial charge >= 0.3 is 0 Å². The molecule has 0 spiro atoms. The summed E-state index contributed by atoms with van der Waals surface area (Å²) in [6.07, 6.45) is 4.77. The highest BCUT2D eigenvalue weighted by Crippen LogP contribution is 2.30. The van der Waals surface area contributed by atoms with Gasteiger partial charge in [-0.1, -0.05) is 12.1 Å². The minimum Gasteiger partial charge on any atom is -0.290 e. The van der Waals surface area contributed by atoms with E-state index in [2.05, 4.69) is 58.6 Å². The van der Waals surface area contributed by atoms with Crippen LogP contribution in [0.5, 0.6) is 0 Å². The molecule has 1 fully saturated rings. The number of H-pyrrole nitrogens is 1. The predicted molar refractivity (Wildman–Crippen MR) is 83.8 cm³/mol. The Labute approximate surface area is 124 Å². The molecule has 2 aromatic rings. The van der Waals surface area contributed by atoms with Gasteiger partial charge < -0.3 is 0 Å². The van der Waals surface area contributed by atoms with Crippen molar-refractivity contribution in [1.29, 1.82) is 0 Å². The number of thioether (sulfide) groups is 1. The SMILES string of the molecule is CSc1ccc(CN(Cc2cc(C)[nH]n2)C2CC2)cc1. The standard InChI is InChI=1S/C16H21N3S/c1-12-9-14(18-17-12)11-19(15-5-6-15)10-13-3-7-16(20-2)8-4-13/h3-4,7-9,15H,5-6,10-11H2,1-2H3,(H,17,18). The van der Waals surface area contributed by atoms with Crippen molar-refractivity contribution in [2.75, 3.05) is 6.26 Å². The summed E-state index contributed by atoms with van der Waals surface area (Å²) in [5, 5.41) is 7.40. The van der Waals surface area contributed by atoms with Gasteiger partial charge in [-0.2, -0.15) is 5.10 Å². The molecular weight excluding hydrogens is 266 g/mol. The van der Waals surface area contributed by atoms with E-state index in [1.165, 1.54) is 23.3 Å². The normalized spacial score (nSPS) is 14.9. The van der Waals surface area contributed by atoms with E-state index >= 15 is 0 Å². The molecule has 1 aromatic heterocycles. The van der Waals surface area contributed by atoms with Gasteiger partial charge in [0.05, 0.1) is 5.69 Å². The highest BCUT2D eigenvalue weighted by molar-refractivity contribution is 7.98. The second-order valence-electron chi connectivity index (χ2n) is 5.53. The molecule has 0 amide bonds. The zero-order chi connectivity index (χ0) is 13.9. The van der Waals surface area contributed by atoms with Crippen LogP contribution in [0.15, 0.2) is 35.2 Å². The minimum atomic E-state index is 0.743. The summed E-state index contributed by atoms with van der Waals surface area (Å²) in [6, 6.07) is 11.8. The smallest absolute Gasteiger partial charge is 0.0765 e. The summed E-state index contributed by atoms with van der Waals surface area (Å²) in [7, 11) is 0. The highest BCUT2D eigenvalue weighted by Gasteiger charge is 2.29. The minimum absolute atomic E-state index is 0.743. The Bertz CT molecular complexity index is 557. The van der Waals surface area contributed by atoms with Gasteiger partial charge in [-0.05, 0) is 49.8 Å². The van der Waals surface area contributed by atoms with E-state index in [-0.39, 0.29) is 0 Å². The van der Waals surface area contributed by atoms with Gasteiger partial charge in [0, 0.05) is 29.7 Å². The molecule has 1 saturated carbocycles. The van der Waals surface area contributed by atoms with Gasteiger partial charge in [0.2, 0.25) is 0 Å². The number of hydrogen-bond donors (Lipinski definition) is 1. The van der Waals surface area contributed by atoms with Crippen LogP contribution >= 0.6 is 11.8 Å². The van der Waals surface area contributed by atoms with Gasteiger partial charge in [0.15, 0.2) is 0 Å². The number of aromatic amines is 1. The van der Waals surface area contributed by atoms with Crippen LogP contribution in [0.2, 0.25) is 0 Å². The Morgan fingerprint density at radius 3 is 2.55 bits per heavy atom. The van der Waals surface area contributed by atoms with Crippen molar-refractivity contribution < 1.29 is 0 Å².